The molecule has 1 aromatic rings. The first-order valence-electron chi connectivity index (χ1n) is 8.37. The average Bonchev–Trinajstić information content (AvgIpc) is 2.61. The molecule has 7 heteroatoms. The molecule has 2 aliphatic heterocycles. The van der Waals surface area contributed by atoms with Crippen molar-refractivity contribution in [1.29, 1.82) is 5.26 Å². The Morgan fingerprint density at radius 3 is 2.71 bits per heavy atom. The van der Waals surface area contributed by atoms with Gasteiger partial charge in [0.15, 0.2) is 0 Å². The molecule has 0 radical (unpaired) electrons. The van der Waals surface area contributed by atoms with Crippen molar-refractivity contribution in [3.05, 3.63) is 33.9 Å². The van der Waals surface area contributed by atoms with Crippen LogP contribution in [-0.2, 0) is 4.74 Å². The van der Waals surface area contributed by atoms with Crippen LogP contribution in [0.25, 0.3) is 0 Å². The molecule has 0 aromatic heterocycles. The molecule has 0 unspecified atom stereocenters. The zero-order chi connectivity index (χ0) is 17.1. The molecule has 2 fully saturated rings. The largest absolute Gasteiger partial charge is 0.376 e. The van der Waals surface area contributed by atoms with Gasteiger partial charge in [-0.05, 0) is 31.9 Å². The second-order valence-corrected chi connectivity index (χ2v) is 6.46. The maximum absolute atomic E-state index is 10.9. The summed E-state index contributed by atoms with van der Waals surface area (Å²) in [5.74, 6) is 0. The van der Waals surface area contributed by atoms with E-state index in [0.717, 1.165) is 51.3 Å². The molecule has 2 aliphatic rings. The average molecular weight is 330 g/mol. The van der Waals surface area contributed by atoms with Crippen LogP contribution < -0.4 is 4.90 Å². The van der Waals surface area contributed by atoms with Crippen molar-refractivity contribution in [2.45, 2.75) is 31.9 Å². The van der Waals surface area contributed by atoms with E-state index in [9.17, 15) is 10.1 Å². The predicted octanol–water partition coefficient (Wildman–Crippen LogP) is 2.16. The van der Waals surface area contributed by atoms with Gasteiger partial charge < -0.3 is 9.64 Å². The molecule has 1 aromatic carbocycles. The molecular formula is C17H22N4O3. The first-order chi connectivity index (χ1) is 11.6. The Kier molecular flexibility index (Phi) is 4.97. The van der Waals surface area contributed by atoms with Gasteiger partial charge in [-0.25, -0.2) is 0 Å². The Hall–Kier alpha value is -2.17. The van der Waals surface area contributed by atoms with Gasteiger partial charge in [0.1, 0.15) is 11.6 Å². The molecular weight excluding hydrogens is 308 g/mol. The Bertz CT molecular complexity index is 650. The van der Waals surface area contributed by atoms with Crippen LogP contribution in [0.15, 0.2) is 18.2 Å². The summed E-state index contributed by atoms with van der Waals surface area (Å²) in [6.45, 7) is 6.70. The topological polar surface area (TPSA) is 82.6 Å². The molecule has 0 amide bonds. The van der Waals surface area contributed by atoms with Crippen LogP contribution in [0.5, 0.6) is 0 Å². The van der Waals surface area contributed by atoms with Gasteiger partial charge in [0, 0.05) is 44.0 Å². The van der Waals surface area contributed by atoms with E-state index in [1.807, 2.05) is 6.07 Å². The zero-order valence-electron chi connectivity index (χ0n) is 13.9. The minimum absolute atomic E-state index is 0.126. The number of hydrogen-bond acceptors (Lipinski definition) is 6. The highest BCUT2D eigenvalue weighted by molar-refractivity contribution is 5.60. The number of morpholine rings is 1. The number of piperidine rings is 1. The first-order valence-corrected chi connectivity index (χ1v) is 8.37. The lowest BCUT2D eigenvalue weighted by molar-refractivity contribution is -0.385. The number of rotatable bonds is 3. The normalized spacial score (nSPS) is 23.0. The predicted molar refractivity (Wildman–Crippen MR) is 90.0 cm³/mol. The number of ether oxygens (including phenoxy) is 1. The van der Waals surface area contributed by atoms with Gasteiger partial charge in [0.05, 0.1) is 17.6 Å². The van der Waals surface area contributed by atoms with Gasteiger partial charge in [0.2, 0.25) is 0 Å². The fourth-order valence-electron chi connectivity index (χ4n) is 3.64. The SMILES string of the molecule is C[C@@H]1CN(C2CCN(c3ccc([N+](=O)[O-])c(C#N)c3)CC2)CCO1. The summed E-state index contributed by atoms with van der Waals surface area (Å²) in [4.78, 5) is 15.2. The third kappa shape index (κ3) is 3.50. The summed E-state index contributed by atoms with van der Waals surface area (Å²) in [6.07, 6.45) is 2.42. The van der Waals surface area contributed by atoms with Crippen molar-refractivity contribution >= 4 is 11.4 Å². The monoisotopic (exact) mass is 330 g/mol. The summed E-state index contributed by atoms with van der Waals surface area (Å²) >= 11 is 0. The number of anilines is 1. The van der Waals surface area contributed by atoms with Gasteiger partial charge in [-0.2, -0.15) is 5.26 Å². The Morgan fingerprint density at radius 1 is 1.33 bits per heavy atom. The highest BCUT2D eigenvalue weighted by atomic mass is 16.6. The van der Waals surface area contributed by atoms with E-state index in [-0.39, 0.29) is 11.3 Å². The summed E-state index contributed by atoms with van der Waals surface area (Å²) in [5, 5.41) is 20.1. The molecule has 7 nitrogen and oxygen atoms in total. The molecule has 0 bridgehead atoms. The quantitative estimate of drug-likeness (QED) is 0.624. The Balaban J connectivity index is 1.64. The lowest BCUT2D eigenvalue weighted by Gasteiger charge is -2.42. The second kappa shape index (κ2) is 7.16. The van der Waals surface area contributed by atoms with E-state index in [4.69, 9.17) is 10.00 Å². The van der Waals surface area contributed by atoms with Crippen molar-refractivity contribution in [1.82, 2.24) is 4.90 Å². The van der Waals surface area contributed by atoms with E-state index >= 15 is 0 Å². The van der Waals surface area contributed by atoms with Gasteiger partial charge in [0.25, 0.3) is 5.69 Å². The fraction of sp³-hybridized carbons (Fsp3) is 0.588. The summed E-state index contributed by atoms with van der Waals surface area (Å²) in [7, 11) is 0. The minimum Gasteiger partial charge on any atom is -0.376 e. The van der Waals surface area contributed by atoms with Crippen LogP contribution in [0.2, 0.25) is 0 Å². The highest BCUT2D eigenvalue weighted by Gasteiger charge is 2.28. The number of nitriles is 1. The van der Waals surface area contributed by atoms with E-state index < -0.39 is 4.92 Å². The van der Waals surface area contributed by atoms with Crippen molar-refractivity contribution < 1.29 is 9.66 Å². The molecule has 3 rings (SSSR count). The van der Waals surface area contributed by atoms with Crippen LogP contribution in [-0.4, -0.2) is 54.8 Å². The van der Waals surface area contributed by atoms with E-state index in [1.54, 1.807) is 12.1 Å². The van der Waals surface area contributed by atoms with Gasteiger partial charge in [-0.1, -0.05) is 0 Å². The van der Waals surface area contributed by atoms with Crippen LogP contribution in [0, 0.1) is 21.4 Å². The third-order valence-electron chi connectivity index (χ3n) is 4.92. The second-order valence-electron chi connectivity index (χ2n) is 6.46. The fourth-order valence-corrected chi connectivity index (χ4v) is 3.64. The number of nitrogens with zero attached hydrogens (tertiary/aromatic N) is 4. The molecule has 0 aliphatic carbocycles. The molecule has 0 saturated carbocycles. The van der Waals surface area contributed by atoms with E-state index in [1.165, 1.54) is 6.07 Å². The maximum atomic E-state index is 10.9. The summed E-state index contributed by atoms with van der Waals surface area (Å²) < 4.78 is 5.61. The molecule has 24 heavy (non-hydrogen) atoms. The summed E-state index contributed by atoms with van der Waals surface area (Å²) in [5.41, 5.74) is 0.894. The number of nitro benzene ring substituents is 1. The standard InChI is InChI=1S/C17H22N4O3/c1-13-12-20(8-9-24-13)15-4-6-19(7-5-15)16-2-3-17(21(22)23)14(10-16)11-18/h2-3,10,13,15H,4-9,12H2,1H3/t13-/m1/s1. The number of nitro groups is 1. The number of hydrogen-bond donors (Lipinski definition) is 0. The molecule has 0 N–H and O–H groups in total. The smallest absolute Gasteiger partial charge is 0.287 e. The first kappa shape index (κ1) is 16.7. The van der Waals surface area contributed by atoms with Crippen molar-refractivity contribution in [2.24, 2.45) is 0 Å². The van der Waals surface area contributed by atoms with Crippen LogP contribution in [0.1, 0.15) is 25.3 Å². The lowest BCUT2D eigenvalue weighted by atomic mass is 10.0. The zero-order valence-corrected chi connectivity index (χ0v) is 13.9. The molecule has 2 saturated heterocycles. The Morgan fingerprint density at radius 2 is 2.08 bits per heavy atom. The minimum atomic E-state index is -0.506. The highest BCUT2D eigenvalue weighted by Crippen LogP contribution is 2.28. The van der Waals surface area contributed by atoms with E-state index in [0.29, 0.717) is 12.1 Å². The number of benzene rings is 1. The van der Waals surface area contributed by atoms with Crippen molar-refractivity contribution in [3.63, 3.8) is 0 Å². The molecule has 0 spiro atoms. The summed E-state index contributed by atoms with van der Waals surface area (Å²) in [6, 6.07) is 7.32. The van der Waals surface area contributed by atoms with Crippen molar-refractivity contribution in [2.75, 3.05) is 37.7 Å². The van der Waals surface area contributed by atoms with Crippen LogP contribution in [0.3, 0.4) is 0 Å². The van der Waals surface area contributed by atoms with Crippen LogP contribution in [0.4, 0.5) is 11.4 Å². The maximum Gasteiger partial charge on any atom is 0.287 e. The molecule has 128 valence electrons. The van der Waals surface area contributed by atoms with Gasteiger partial charge in [-0.15, -0.1) is 0 Å². The Labute approximate surface area is 141 Å². The lowest BCUT2D eigenvalue weighted by Crippen LogP contribution is -2.51. The van der Waals surface area contributed by atoms with Gasteiger partial charge in [-0.3, -0.25) is 15.0 Å². The van der Waals surface area contributed by atoms with Crippen LogP contribution >= 0.6 is 0 Å². The van der Waals surface area contributed by atoms with E-state index in [2.05, 4.69) is 16.7 Å². The molecule has 1 atom stereocenters. The third-order valence-corrected chi connectivity index (χ3v) is 4.92. The molecule has 2 heterocycles. The van der Waals surface area contributed by atoms with Gasteiger partial charge >= 0.3 is 0 Å². The van der Waals surface area contributed by atoms with Crippen molar-refractivity contribution in [3.8, 4) is 6.07 Å².